The quantitative estimate of drug-likeness (QED) is 0.849. The topological polar surface area (TPSA) is 24.5 Å². The summed E-state index contributed by atoms with van der Waals surface area (Å²) < 4.78 is 5.49. The van der Waals surface area contributed by atoms with Crippen molar-refractivity contribution in [2.45, 2.75) is 32.4 Å². The van der Waals surface area contributed by atoms with Crippen LogP contribution in [-0.4, -0.2) is 44.3 Å². The van der Waals surface area contributed by atoms with Crippen LogP contribution in [0.4, 0.5) is 0 Å². The van der Waals surface area contributed by atoms with Crippen molar-refractivity contribution >= 4 is 0 Å². The molecule has 2 rings (SSSR count). The third-order valence-electron chi connectivity index (χ3n) is 3.54. The van der Waals surface area contributed by atoms with Crippen molar-refractivity contribution in [1.82, 2.24) is 10.2 Å². The van der Waals surface area contributed by atoms with E-state index in [1.807, 2.05) is 0 Å². The first kappa shape index (κ1) is 14.5. The second kappa shape index (κ2) is 7.63. The Balaban J connectivity index is 1.78. The van der Waals surface area contributed by atoms with Gasteiger partial charge in [0.05, 0.1) is 13.2 Å². The van der Waals surface area contributed by atoms with Gasteiger partial charge in [0.25, 0.3) is 0 Å². The average molecular weight is 262 g/mol. The van der Waals surface area contributed by atoms with Crippen molar-refractivity contribution in [2.24, 2.45) is 0 Å². The molecule has 106 valence electrons. The van der Waals surface area contributed by atoms with E-state index < -0.39 is 0 Å². The number of rotatable bonds is 6. The molecule has 0 amide bonds. The van der Waals surface area contributed by atoms with Gasteiger partial charge in [-0.2, -0.15) is 0 Å². The minimum atomic E-state index is 0.470. The molecule has 1 aliphatic heterocycles. The summed E-state index contributed by atoms with van der Waals surface area (Å²) in [5.74, 6) is 0. The molecule has 1 aliphatic rings. The summed E-state index contributed by atoms with van der Waals surface area (Å²) in [5.41, 5.74) is 2.83. The first-order chi connectivity index (χ1) is 9.28. The highest BCUT2D eigenvalue weighted by Crippen LogP contribution is 2.09. The van der Waals surface area contributed by atoms with Crippen LogP contribution in [-0.2, 0) is 17.7 Å². The largest absolute Gasteiger partial charge is 0.378 e. The van der Waals surface area contributed by atoms with Crippen LogP contribution in [0.2, 0.25) is 0 Å². The molecule has 0 radical (unpaired) electrons. The molecule has 0 bridgehead atoms. The molecule has 19 heavy (non-hydrogen) atoms. The fourth-order valence-electron chi connectivity index (χ4n) is 2.59. The second-order valence-electron chi connectivity index (χ2n) is 5.49. The SMILES string of the molecule is CCCc1ccc(CN(C)CC2COCCN2)cc1. The summed E-state index contributed by atoms with van der Waals surface area (Å²) in [6.45, 7) is 6.92. The maximum Gasteiger partial charge on any atom is 0.0632 e. The van der Waals surface area contributed by atoms with Gasteiger partial charge in [-0.25, -0.2) is 0 Å². The summed E-state index contributed by atoms with van der Waals surface area (Å²) in [7, 11) is 2.18. The Morgan fingerprint density at radius 3 is 2.63 bits per heavy atom. The molecule has 1 fully saturated rings. The van der Waals surface area contributed by atoms with Crippen molar-refractivity contribution < 1.29 is 4.74 Å². The van der Waals surface area contributed by atoms with E-state index in [-0.39, 0.29) is 0 Å². The summed E-state index contributed by atoms with van der Waals surface area (Å²) in [6, 6.07) is 9.50. The molecular formula is C16H26N2O. The van der Waals surface area contributed by atoms with Crippen molar-refractivity contribution in [2.75, 3.05) is 33.4 Å². The van der Waals surface area contributed by atoms with Gasteiger partial charge in [0.15, 0.2) is 0 Å². The molecule has 0 aliphatic carbocycles. The molecule has 1 heterocycles. The predicted octanol–water partition coefficient (Wildman–Crippen LogP) is 2.06. The minimum Gasteiger partial charge on any atom is -0.378 e. The van der Waals surface area contributed by atoms with Crippen molar-refractivity contribution in [3.63, 3.8) is 0 Å². The number of benzene rings is 1. The molecule has 1 N–H and O–H groups in total. The summed E-state index contributed by atoms with van der Waals surface area (Å²) >= 11 is 0. The van der Waals surface area contributed by atoms with Gasteiger partial charge in [-0.1, -0.05) is 37.6 Å². The number of hydrogen-bond donors (Lipinski definition) is 1. The number of ether oxygens (including phenoxy) is 1. The van der Waals surface area contributed by atoms with Crippen LogP contribution in [0.25, 0.3) is 0 Å². The predicted molar refractivity (Wildman–Crippen MR) is 79.4 cm³/mol. The lowest BCUT2D eigenvalue weighted by molar-refractivity contribution is 0.0645. The van der Waals surface area contributed by atoms with Gasteiger partial charge in [-0.3, -0.25) is 0 Å². The lowest BCUT2D eigenvalue weighted by Crippen LogP contribution is -2.47. The lowest BCUT2D eigenvalue weighted by atomic mass is 10.1. The van der Waals surface area contributed by atoms with Gasteiger partial charge in [-0.05, 0) is 24.6 Å². The summed E-state index contributed by atoms with van der Waals surface area (Å²) in [5, 5.41) is 3.49. The van der Waals surface area contributed by atoms with Crippen LogP contribution in [0.3, 0.4) is 0 Å². The fraction of sp³-hybridized carbons (Fsp3) is 0.625. The zero-order valence-electron chi connectivity index (χ0n) is 12.2. The molecule has 1 unspecified atom stereocenters. The van der Waals surface area contributed by atoms with Gasteiger partial charge in [0, 0.05) is 25.7 Å². The van der Waals surface area contributed by atoms with E-state index in [2.05, 4.69) is 48.5 Å². The highest BCUT2D eigenvalue weighted by Gasteiger charge is 2.14. The highest BCUT2D eigenvalue weighted by atomic mass is 16.5. The maximum atomic E-state index is 5.49. The van der Waals surface area contributed by atoms with Gasteiger partial charge in [0.1, 0.15) is 0 Å². The van der Waals surface area contributed by atoms with E-state index in [9.17, 15) is 0 Å². The Kier molecular flexibility index (Phi) is 5.83. The summed E-state index contributed by atoms with van der Waals surface area (Å²) in [6.07, 6.45) is 2.39. The summed E-state index contributed by atoms with van der Waals surface area (Å²) in [4.78, 5) is 2.36. The van der Waals surface area contributed by atoms with Crippen molar-refractivity contribution in [1.29, 1.82) is 0 Å². The van der Waals surface area contributed by atoms with Crippen LogP contribution in [0.5, 0.6) is 0 Å². The van der Waals surface area contributed by atoms with E-state index in [4.69, 9.17) is 4.74 Å². The number of hydrogen-bond acceptors (Lipinski definition) is 3. The average Bonchev–Trinajstić information content (AvgIpc) is 2.42. The zero-order chi connectivity index (χ0) is 13.5. The number of nitrogens with zero attached hydrogens (tertiary/aromatic N) is 1. The van der Waals surface area contributed by atoms with E-state index in [1.165, 1.54) is 24.0 Å². The Bertz CT molecular complexity index is 358. The molecule has 0 saturated carbocycles. The normalized spacial score (nSPS) is 19.8. The molecule has 1 saturated heterocycles. The van der Waals surface area contributed by atoms with Gasteiger partial charge >= 0.3 is 0 Å². The van der Waals surface area contributed by atoms with Crippen LogP contribution in [0.15, 0.2) is 24.3 Å². The molecule has 3 heteroatoms. The van der Waals surface area contributed by atoms with Crippen molar-refractivity contribution in [3.8, 4) is 0 Å². The first-order valence-electron chi connectivity index (χ1n) is 7.35. The molecule has 0 spiro atoms. The van der Waals surface area contributed by atoms with Gasteiger partial charge < -0.3 is 15.0 Å². The molecule has 1 aromatic carbocycles. The van der Waals surface area contributed by atoms with Gasteiger partial charge in [-0.15, -0.1) is 0 Å². The maximum absolute atomic E-state index is 5.49. The molecule has 1 atom stereocenters. The number of morpholine rings is 1. The Morgan fingerprint density at radius 2 is 2.00 bits per heavy atom. The molecule has 1 aromatic rings. The third kappa shape index (κ3) is 4.94. The number of aryl methyl sites for hydroxylation is 1. The zero-order valence-corrected chi connectivity index (χ0v) is 12.2. The van der Waals surface area contributed by atoms with E-state index >= 15 is 0 Å². The Hall–Kier alpha value is -0.900. The van der Waals surface area contributed by atoms with Crippen LogP contribution in [0.1, 0.15) is 24.5 Å². The number of nitrogens with one attached hydrogen (secondary N) is 1. The fourth-order valence-corrected chi connectivity index (χ4v) is 2.59. The Labute approximate surface area is 116 Å². The molecule has 3 nitrogen and oxygen atoms in total. The minimum absolute atomic E-state index is 0.470. The van der Waals surface area contributed by atoms with E-state index in [0.29, 0.717) is 6.04 Å². The van der Waals surface area contributed by atoms with Gasteiger partial charge in [0.2, 0.25) is 0 Å². The molecular weight excluding hydrogens is 236 g/mol. The second-order valence-corrected chi connectivity index (χ2v) is 5.49. The van der Waals surface area contributed by atoms with E-state index in [1.54, 1.807) is 0 Å². The Morgan fingerprint density at radius 1 is 1.26 bits per heavy atom. The standard InChI is InChI=1S/C16H26N2O/c1-3-4-14-5-7-15(8-6-14)11-18(2)12-16-13-19-10-9-17-16/h5-8,16-17H,3-4,9-13H2,1-2H3. The van der Waals surface area contributed by atoms with Crippen LogP contribution in [0, 0.1) is 0 Å². The highest BCUT2D eigenvalue weighted by molar-refractivity contribution is 5.22. The monoisotopic (exact) mass is 262 g/mol. The van der Waals surface area contributed by atoms with Crippen LogP contribution >= 0.6 is 0 Å². The molecule has 0 aromatic heterocycles. The first-order valence-corrected chi connectivity index (χ1v) is 7.35. The van der Waals surface area contributed by atoms with Crippen molar-refractivity contribution in [3.05, 3.63) is 35.4 Å². The lowest BCUT2D eigenvalue weighted by Gasteiger charge is -2.28. The van der Waals surface area contributed by atoms with Crippen LogP contribution < -0.4 is 5.32 Å². The number of likely N-dealkylation sites (N-methyl/N-ethyl adjacent to an activating group) is 1. The third-order valence-corrected chi connectivity index (χ3v) is 3.54. The smallest absolute Gasteiger partial charge is 0.0632 e. The van der Waals surface area contributed by atoms with E-state index in [0.717, 1.165) is 32.8 Å².